The lowest BCUT2D eigenvalue weighted by Gasteiger charge is -2.21. The fourth-order valence-corrected chi connectivity index (χ4v) is 3.46. The number of benzene rings is 1. The maximum atomic E-state index is 12.4. The third-order valence-corrected chi connectivity index (χ3v) is 4.74. The van der Waals surface area contributed by atoms with Crippen LogP contribution in [0.4, 0.5) is 0 Å². The van der Waals surface area contributed by atoms with E-state index in [2.05, 4.69) is 4.98 Å². The molecule has 0 bridgehead atoms. The Morgan fingerprint density at radius 3 is 2.90 bits per heavy atom. The van der Waals surface area contributed by atoms with E-state index >= 15 is 0 Å². The normalized spacial score (nSPS) is 15.7. The largest absolute Gasteiger partial charge is 0.361 e. The van der Waals surface area contributed by atoms with E-state index in [1.54, 1.807) is 0 Å². The molecule has 0 spiro atoms. The number of aromatic nitrogens is 1. The highest BCUT2D eigenvalue weighted by Gasteiger charge is 2.20. The van der Waals surface area contributed by atoms with Crippen molar-refractivity contribution in [1.29, 1.82) is 0 Å². The summed E-state index contributed by atoms with van der Waals surface area (Å²) in [5.41, 5.74) is 2.04. The molecule has 0 unspecified atom stereocenters. The number of aromatic amines is 1. The first-order valence-corrected chi connectivity index (χ1v) is 8.01. The predicted octanol–water partition coefficient (Wildman–Crippen LogP) is 4.01. The molecule has 3 nitrogen and oxygen atoms in total. The molecular formula is C17H21ClN2O. The zero-order valence-corrected chi connectivity index (χ0v) is 13.1. The molecule has 1 aliphatic rings. The third-order valence-electron chi connectivity index (χ3n) is 4.50. The molecule has 1 aromatic carbocycles. The molecule has 1 aliphatic carbocycles. The van der Waals surface area contributed by atoms with Crippen molar-refractivity contribution >= 4 is 28.4 Å². The number of nitrogens with one attached hydrogen (secondary N) is 1. The first kappa shape index (κ1) is 14.5. The average molecular weight is 305 g/mol. The topological polar surface area (TPSA) is 36.1 Å². The van der Waals surface area contributed by atoms with Crippen molar-refractivity contribution in [3.05, 3.63) is 35.0 Å². The summed E-state index contributed by atoms with van der Waals surface area (Å²) in [5, 5.41) is 1.79. The van der Waals surface area contributed by atoms with Crippen LogP contribution in [0, 0.1) is 5.92 Å². The molecule has 1 fully saturated rings. The summed E-state index contributed by atoms with van der Waals surface area (Å²) in [6.45, 7) is 0.896. The van der Waals surface area contributed by atoms with Crippen LogP contribution in [0.25, 0.3) is 10.9 Å². The molecule has 3 rings (SSSR count). The Balaban J connectivity index is 1.67. The third kappa shape index (κ3) is 3.24. The van der Waals surface area contributed by atoms with E-state index in [4.69, 9.17) is 11.6 Å². The van der Waals surface area contributed by atoms with Crippen LogP contribution in [0.1, 0.15) is 31.2 Å². The summed E-state index contributed by atoms with van der Waals surface area (Å²) in [4.78, 5) is 17.5. The molecule has 1 amide bonds. The van der Waals surface area contributed by atoms with Crippen molar-refractivity contribution < 1.29 is 4.79 Å². The standard InChI is InChI=1S/C17H21ClN2O/c1-20(11-12-4-2-3-5-12)17(21)8-13-10-19-16-9-14(18)6-7-15(13)16/h6-7,9-10,12,19H,2-5,8,11H2,1H3. The molecule has 0 atom stereocenters. The quantitative estimate of drug-likeness (QED) is 0.910. The van der Waals surface area contributed by atoms with Gasteiger partial charge in [-0.05, 0) is 36.5 Å². The number of carbonyl (C=O) groups excluding carboxylic acids is 1. The number of rotatable bonds is 4. The number of amides is 1. The van der Waals surface area contributed by atoms with Gasteiger partial charge in [0.15, 0.2) is 0 Å². The summed E-state index contributed by atoms with van der Waals surface area (Å²) in [5.74, 6) is 0.887. The van der Waals surface area contributed by atoms with Gasteiger partial charge in [0.25, 0.3) is 0 Å². The molecule has 0 radical (unpaired) electrons. The maximum Gasteiger partial charge on any atom is 0.226 e. The fraction of sp³-hybridized carbons (Fsp3) is 0.471. The second-order valence-corrected chi connectivity index (χ2v) is 6.54. The molecule has 4 heteroatoms. The number of H-pyrrole nitrogens is 1. The van der Waals surface area contributed by atoms with Crippen LogP contribution >= 0.6 is 11.6 Å². The van der Waals surface area contributed by atoms with Gasteiger partial charge in [-0.25, -0.2) is 0 Å². The van der Waals surface area contributed by atoms with E-state index in [1.807, 2.05) is 36.3 Å². The highest BCUT2D eigenvalue weighted by atomic mass is 35.5. The van der Waals surface area contributed by atoms with Crippen LogP contribution in [0.5, 0.6) is 0 Å². The monoisotopic (exact) mass is 304 g/mol. The summed E-state index contributed by atoms with van der Waals surface area (Å²) in [6, 6.07) is 5.74. The Morgan fingerprint density at radius 1 is 1.38 bits per heavy atom. The lowest BCUT2D eigenvalue weighted by atomic mass is 10.1. The average Bonchev–Trinajstić information content (AvgIpc) is 3.08. The minimum Gasteiger partial charge on any atom is -0.361 e. The van der Waals surface area contributed by atoms with Crippen molar-refractivity contribution in [2.24, 2.45) is 5.92 Å². The van der Waals surface area contributed by atoms with Crippen molar-refractivity contribution in [2.75, 3.05) is 13.6 Å². The fourth-order valence-electron chi connectivity index (χ4n) is 3.28. The number of hydrogen-bond acceptors (Lipinski definition) is 1. The van der Waals surface area contributed by atoms with Crippen LogP contribution in [-0.4, -0.2) is 29.4 Å². The van der Waals surface area contributed by atoms with Gasteiger partial charge in [0.05, 0.1) is 6.42 Å². The molecular weight excluding hydrogens is 284 g/mol. The maximum absolute atomic E-state index is 12.4. The van der Waals surface area contributed by atoms with Gasteiger partial charge in [-0.15, -0.1) is 0 Å². The zero-order chi connectivity index (χ0) is 14.8. The molecule has 2 aromatic rings. The van der Waals surface area contributed by atoms with Gasteiger partial charge >= 0.3 is 0 Å². The first-order chi connectivity index (χ1) is 10.1. The first-order valence-electron chi connectivity index (χ1n) is 7.63. The van der Waals surface area contributed by atoms with E-state index in [-0.39, 0.29) is 5.91 Å². The Labute approximate surface area is 130 Å². The Hall–Kier alpha value is -1.48. The number of hydrogen-bond donors (Lipinski definition) is 1. The number of likely N-dealkylation sites (N-methyl/N-ethyl adjacent to an activating group) is 1. The summed E-state index contributed by atoms with van der Waals surface area (Å²) in [6.07, 6.45) is 7.53. The van der Waals surface area contributed by atoms with E-state index in [0.29, 0.717) is 17.4 Å². The molecule has 1 heterocycles. The molecule has 0 aliphatic heterocycles. The highest BCUT2D eigenvalue weighted by Crippen LogP contribution is 2.26. The number of nitrogens with zero attached hydrogens (tertiary/aromatic N) is 1. The van der Waals surface area contributed by atoms with Crippen molar-refractivity contribution in [3.8, 4) is 0 Å². The Morgan fingerprint density at radius 2 is 2.14 bits per heavy atom. The van der Waals surface area contributed by atoms with Gasteiger partial charge < -0.3 is 9.88 Å². The van der Waals surface area contributed by atoms with Crippen LogP contribution in [0.3, 0.4) is 0 Å². The second-order valence-electron chi connectivity index (χ2n) is 6.11. The van der Waals surface area contributed by atoms with Gasteiger partial charge in [0.2, 0.25) is 5.91 Å². The van der Waals surface area contributed by atoms with Crippen LogP contribution in [0.2, 0.25) is 5.02 Å². The van der Waals surface area contributed by atoms with Gasteiger partial charge in [-0.1, -0.05) is 30.5 Å². The van der Waals surface area contributed by atoms with E-state index < -0.39 is 0 Å². The molecule has 0 saturated heterocycles. The second kappa shape index (κ2) is 6.10. The number of carbonyl (C=O) groups is 1. The van der Waals surface area contributed by atoms with Gasteiger partial charge in [0.1, 0.15) is 0 Å². The lowest BCUT2D eigenvalue weighted by molar-refractivity contribution is -0.129. The molecule has 21 heavy (non-hydrogen) atoms. The van der Waals surface area contributed by atoms with E-state index in [9.17, 15) is 4.79 Å². The SMILES string of the molecule is CN(CC1CCCC1)C(=O)Cc1c[nH]c2cc(Cl)ccc12. The lowest BCUT2D eigenvalue weighted by Crippen LogP contribution is -2.32. The minimum absolute atomic E-state index is 0.192. The van der Waals surface area contributed by atoms with Crippen LogP contribution in [-0.2, 0) is 11.2 Å². The highest BCUT2D eigenvalue weighted by molar-refractivity contribution is 6.31. The Bertz CT molecular complexity index is 643. The molecule has 1 N–H and O–H groups in total. The summed E-state index contributed by atoms with van der Waals surface area (Å²) < 4.78 is 0. The van der Waals surface area contributed by atoms with Gasteiger partial charge in [-0.2, -0.15) is 0 Å². The summed E-state index contributed by atoms with van der Waals surface area (Å²) >= 11 is 5.98. The Kier molecular flexibility index (Phi) is 4.20. The van der Waals surface area contributed by atoms with Crippen molar-refractivity contribution in [2.45, 2.75) is 32.1 Å². The number of fused-ring (bicyclic) bond motifs is 1. The van der Waals surface area contributed by atoms with E-state index in [1.165, 1.54) is 25.7 Å². The zero-order valence-electron chi connectivity index (χ0n) is 12.4. The van der Waals surface area contributed by atoms with Crippen LogP contribution < -0.4 is 0 Å². The smallest absolute Gasteiger partial charge is 0.226 e. The molecule has 1 aromatic heterocycles. The van der Waals surface area contributed by atoms with Crippen molar-refractivity contribution in [3.63, 3.8) is 0 Å². The van der Waals surface area contributed by atoms with Gasteiger partial charge in [-0.3, -0.25) is 4.79 Å². The molecule has 112 valence electrons. The van der Waals surface area contributed by atoms with Crippen LogP contribution in [0.15, 0.2) is 24.4 Å². The molecule has 1 saturated carbocycles. The summed E-state index contributed by atoms with van der Waals surface area (Å²) in [7, 11) is 1.92. The van der Waals surface area contributed by atoms with E-state index in [0.717, 1.165) is 23.0 Å². The van der Waals surface area contributed by atoms with Crippen molar-refractivity contribution in [1.82, 2.24) is 9.88 Å². The number of halogens is 1. The minimum atomic E-state index is 0.192. The predicted molar refractivity (Wildman–Crippen MR) is 86.6 cm³/mol. The van der Waals surface area contributed by atoms with Gasteiger partial charge in [0, 0.05) is 35.7 Å².